The number of benzene rings is 1. The number of fused-ring (bicyclic) bond motifs is 1. The molecule has 9 nitrogen and oxygen atoms in total. The number of hydrogen-bond acceptors (Lipinski definition) is 8. The first-order valence-electron chi connectivity index (χ1n) is 12.2. The first-order valence-corrected chi connectivity index (χ1v) is 10.7. The molecule has 0 bridgehead atoms. The Morgan fingerprint density at radius 2 is 2.13 bits per heavy atom. The molecule has 1 aromatic carbocycles. The Labute approximate surface area is 185 Å². The van der Waals surface area contributed by atoms with Crippen molar-refractivity contribution >= 4 is 11.9 Å². The Balaban J connectivity index is 1.47. The molecule has 4 atom stereocenters. The number of nitrogens with zero attached hydrogens (tertiary/aromatic N) is 3. The maximum absolute atomic E-state index is 13.1. The third-order valence-corrected chi connectivity index (χ3v) is 5.96. The standard InChI is InChI=1S/C22H29N5O4/c1-2-30-21(28)17-5-3-4-6-19(17)31-22(29)18-12-16-11-14(7-9-15(16)13-23-18)8-10-20-24-26-27-25-20/h3-6,14-16,18,23H,2,7-13H2,1H3,(H,24,25,26,27)/t14-,15+,16-,18+/m1/s1/i13D2,18D. The lowest BCUT2D eigenvalue weighted by molar-refractivity contribution is -0.138. The number of esters is 2. The van der Waals surface area contributed by atoms with Crippen LogP contribution in [0.25, 0.3) is 0 Å². The number of carbonyl (C=O) groups is 2. The molecule has 31 heavy (non-hydrogen) atoms. The number of carbonyl (C=O) groups excluding carboxylic acids is 2. The van der Waals surface area contributed by atoms with Crippen molar-refractivity contribution in [3.63, 3.8) is 0 Å². The monoisotopic (exact) mass is 430 g/mol. The fraction of sp³-hybridized carbons (Fsp3) is 0.591. The van der Waals surface area contributed by atoms with Gasteiger partial charge >= 0.3 is 11.9 Å². The van der Waals surface area contributed by atoms with Crippen molar-refractivity contribution in [3.8, 4) is 5.75 Å². The number of tetrazole rings is 1. The number of aromatic nitrogens is 4. The lowest BCUT2D eigenvalue weighted by Gasteiger charge is -2.42. The molecule has 1 aliphatic heterocycles. The van der Waals surface area contributed by atoms with E-state index in [0.29, 0.717) is 31.0 Å². The SMILES string of the molecule is [2H]C1([2H])N[C@]([2H])(C(=O)Oc2ccccc2C(=O)OCC)C[C@H]2C[C@@H](CCc3nn[nH]n3)CC[C@H]21. The van der Waals surface area contributed by atoms with Crippen LogP contribution in [0, 0.1) is 17.8 Å². The molecule has 2 aromatic rings. The van der Waals surface area contributed by atoms with Gasteiger partial charge in [-0.25, -0.2) is 9.59 Å². The number of nitrogens with one attached hydrogen (secondary N) is 2. The summed E-state index contributed by atoms with van der Waals surface area (Å²) >= 11 is 0. The highest BCUT2D eigenvalue weighted by atomic mass is 16.5. The van der Waals surface area contributed by atoms with E-state index in [4.69, 9.17) is 13.6 Å². The maximum Gasteiger partial charge on any atom is 0.341 e. The van der Waals surface area contributed by atoms with Crippen LogP contribution in [-0.4, -0.2) is 51.7 Å². The van der Waals surface area contributed by atoms with E-state index in [1.54, 1.807) is 19.1 Å². The Bertz CT molecular complexity index is 1020. The zero-order valence-corrected chi connectivity index (χ0v) is 17.5. The van der Waals surface area contributed by atoms with Gasteiger partial charge in [0.1, 0.15) is 17.3 Å². The van der Waals surface area contributed by atoms with Crippen LogP contribution in [0.4, 0.5) is 0 Å². The molecule has 1 saturated heterocycles. The van der Waals surface area contributed by atoms with E-state index in [9.17, 15) is 9.59 Å². The highest BCUT2D eigenvalue weighted by Gasteiger charge is 2.38. The summed E-state index contributed by atoms with van der Waals surface area (Å²) in [4.78, 5) is 25.4. The Morgan fingerprint density at radius 3 is 2.94 bits per heavy atom. The van der Waals surface area contributed by atoms with Gasteiger partial charge in [0.15, 0.2) is 5.82 Å². The van der Waals surface area contributed by atoms with Gasteiger partial charge in [-0.05, 0) is 69.0 Å². The fourth-order valence-corrected chi connectivity index (χ4v) is 4.38. The number of H-pyrrole nitrogens is 1. The number of piperidine rings is 1. The molecule has 0 radical (unpaired) electrons. The van der Waals surface area contributed by atoms with E-state index in [0.717, 1.165) is 12.8 Å². The number of aryl methyl sites for hydroxylation is 1. The quantitative estimate of drug-likeness (QED) is 0.507. The second kappa shape index (κ2) is 10.00. The topological polar surface area (TPSA) is 119 Å². The molecule has 2 aliphatic rings. The van der Waals surface area contributed by atoms with Crippen LogP contribution in [0.1, 0.15) is 59.3 Å². The maximum atomic E-state index is 13.1. The summed E-state index contributed by atoms with van der Waals surface area (Å²) < 4.78 is 36.4. The smallest absolute Gasteiger partial charge is 0.341 e. The highest BCUT2D eigenvalue weighted by molar-refractivity contribution is 5.93. The average Bonchev–Trinajstić information content (AvgIpc) is 3.31. The van der Waals surface area contributed by atoms with Gasteiger partial charge in [0.2, 0.25) is 0 Å². The van der Waals surface area contributed by atoms with Crippen molar-refractivity contribution in [2.24, 2.45) is 17.8 Å². The van der Waals surface area contributed by atoms with E-state index in [2.05, 4.69) is 25.9 Å². The minimum absolute atomic E-state index is 0.0105. The molecule has 0 amide bonds. The van der Waals surface area contributed by atoms with Crippen LogP contribution in [0.5, 0.6) is 5.75 Å². The minimum Gasteiger partial charge on any atom is -0.462 e. The summed E-state index contributed by atoms with van der Waals surface area (Å²) in [5.41, 5.74) is 0.0807. The molecule has 9 heteroatoms. The molecule has 2 fully saturated rings. The van der Waals surface area contributed by atoms with E-state index in [1.807, 2.05) is 0 Å². The van der Waals surface area contributed by atoms with Gasteiger partial charge in [-0.2, -0.15) is 5.21 Å². The van der Waals surface area contributed by atoms with E-state index in [-0.39, 0.29) is 36.2 Å². The highest BCUT2D eigenvalue weighted by Crippen LogP contribution is 2.40. The van der Waals surface area contributed by atoms with E-state index < -0.39 is 24.5 Å². The number of rotatable bonds is 7. The van der Waals surface area contributed by atoms with Crippen molar-refractivity contribution in [1.29, 1.82) is 0 Å². The van der Waals surface area contributed by atoms with Gasteiger partial charge in [-0.3, -0.25) is 0 Å². The lowest BCUT2D eigenvalue weighted by Crippen LogP contribution is -2.51. The van der Waals surface area contributed by atoms with Crippen molar-refractivity contribution in [2.75, 3.05) is 13.1 Å². The summed E-state index contributed by atoms with van der Waals surface area (Å²) in [5, 5.41) is 16.6. The number of aromatic amines is 1. The zero-order valence-electron chi connectivity index (χ0n) is 20.5. The predicted molar refractivity (Wildman–Crippen MR) is 111 cm³/mol. The second-order valence-corrected chi connectivity index (χ2v) is 7.97. The van der Waals surface area contributed by atoms with Crippen LogP contribution in [-0.2, 0) is 16.0 Å². The number of hydrogen-bond donors (Lipinski definition) is 2. The van der Waals surface area contributed by atoms with Crippen molar-refractivity contribution < 1.29 is 23.2 Å². The molecule has 2 heterocycles. The largest absolute Gasteiger partial charge is 0.462 e. The van der Waals surface area contributed by atoms with Gasteiger partial charge in [0, 0.05) is 9.16 Å². The van der Waals surface area contributed by atoms with Crippen LogP contribution < -0.4 is 10.1 Å². The second-order valence-electron chi connectivity index (χ2n) is 7.97. The molecule has 1 aromatic heterocycles. The normalized spacial score (nSPS) is 30.9. The molecule has 1 saturated carbocycles. The summed E-state index contributed by atoms with van der Waals surface area (Å²) in [6.45, 7) is -0.0549. The molecule has 2 N–H and O–H groups in total. The lowest BCUT2D eigenvalue weighted by atomic mass is 9.69. The molecule has 0 unspecified atom stereocenters. The van der Waals surface area contributed by atoms with E-state index in [1.165, 1.54) is 12.1 Å². The summed E-state index contributed by atoms with van der Waals surface area (Å²) in [6.07, 6.45) is 3.86. The predicted octanol–water partition coefficient (Wildman–Crippen LogP) is 2.31. The van der Waals surface area contributed by atoms with Crippen molar-refractivity contribution in [1.82, 2.24) is 25.9 Å². The fourth-order valence-electron chi connectivity index (χ4n) is 4.38. The number of ether oxygens (including phenoxy) is 2. The Hall–Kier alpha value is -2.81. The van der Waals surface area contributed by atoms with Gasteiger partial charge in [-0.1, -0.05) is 23.8 Å². The van der Waals surface area contributed by atoms with Crippen LogP contribution in [0.15, 0.2) is 24.3 Å². The van der Waals surface area contributed by atoms with Gasteiger partial charge in [-0.15, -0.1) is 10.2 Å². The minimum atomic E-state index is -1.98. The summed E-state index contributed by atoms with van der Waals surface area (Å²) in [7, 11) is 0. The first-order chi connectivity index (χ1) is 16.2. The molecule has 0 spiro atoms. The number of para-hydroxylation sites is 1. The van der Waals surface area contributed by atoms with Gasteiger partial charge in [0.25, 0.3) is 0 Å². The van der Waals surface area contributed by atoms with Crippen molar-refractivity contribution in [2.45, 2.75) is 51.5 Å². The van der Waals surface area contributed by atoms with Gasteiger partial charge in [0.05, 0.1) is 7.98 Å². The molecule has 1 aliphatic carbocycles. The van der Waals surface area contributed by atoms with Crippen LogP contribution in [0.3, 0.4) is 0 Å². The zero-order chi connectivity index (χ0) is 24.3. The van der Waals surface area contributed by atoms with E-state index >= 15 is 0 Å². The van der Waals surface area contributed by atoms with Crippen LogP contribution >= 0.6 is 0 Å². The molecule has 4 rings (SSSR count). The Kier molecular flexibility index (Phi) is 5.75. The van der Waals surface area contributed by atoms with Gasteiger partial charge < -0.3 is 14.8 Å². The molecule has 166 valence electrons. The first kappa shape index (κ1) is 17.8. The summed E-state index contributed by atoms with van der Waals surface area (Å²) in [6, 6.07) is 4.20. The average molecular weight is 431 g/mol. The van der Waals surface area contributed by atoms with Crippen molar-refractivity contribution in [3.05, 3.63) is 35.7 Å². The summed E-state index contributed by atoms with van der Waals surface area (Å²) in [5.74, 6) is -1.09. The third-order valence-electron chi connectivity index (χ3n) is 5.96. The molecular formula is C22H29N5O4. The molecular weight excluding hydrogens is 398 g/mol. The third kappa shape index (κ3) is 5.28. The Morgan fingerprint density at radius 1 is 1.26 bits per heavy atom. The van der Waals surface area contributed by atoms with Crippen LogP contribution in [0.2, 0.25) is 0 Å².